The van der Waals surface area contributed by atoms with E-state index < -0.39 is 0 Å². The van der Waals surface area contributed by atoms with Crippen molar-refractivity contribution in [1.29, 1.82) is 0 Å². The second-order valence-electron chi connectivity index (χ2n) is 3.98. The first-order valence-electron chi connectivity index (χ1n) is 5.38. The van der Waals surface area contributed by atoms with Gasteiger partial charge in [-0.25, -0.2) is 0 Å². The van der Waals surface area contributed by atoms with Crippen molar-refractivity contribution in [1.82, 2.24) is 4.98 Å². The lowest BCUT2D eigenvalue weighted by molar-refractivity contribution is 0.397. The first-order valence-corrected chi connectivity index (χ1v) is 5.38. The first kappa shape index (κ1) is 8.86. The molecule has 1 aliphatic rings. The smallest absolute Gasteiger partial charge is 0.0813 e. The number of epoxide rings is 1. The minimum atomic E-state index is 0.511. The number of hydrogen-bond acceptors (Lipinski definition) is 2. The predicted octanol–water partition coefficient (Wildman–Crippen LogP) is 2.57. The van der Waals surface area contributed by atoms with Crippen molar-refractivity contribution in [2.24, 2.45) is 0 Å². The molecule has 2 heteroatoms. The Morgan fingerprint density at radius 3 is 3.07 bits per heavy atom. The Morgan fingerprint density at radius 2 is 2.20 bits per heavy atom. The van der Waals surface area contributed by atoms with Crippen LogP contribution in [-0.2, 0) is 11.2 Å². The van der Waals surface area contributed by atoms with Gasteiger partial charge >= 0.3 is 0 Å². The van der Waals surface area contributed by atoms with E-state index in [1.54, 1.807) is 0 Å². The molecule has 1 aliphatic heterocycles. The Labute approximate surface area is 88.9 Å². The van der Waals surface area contributed by atoms with Crippen LogP contribution in [0.15, 0.2) is 36.5 Å². The average molecular weight is 199 g/mol. The lowest BCUT2D eigenvalue weighted by Gasteiger charge is -2.04. The molecule has 1 saturated heterocycles. The van der Waals surface area contributed by atoms with E-state index in [1.807, 2.05) is 12.3 Å². The molecule has 1 unspecified atom stereocenters. The van der Waals surface area contributed by atoms with Crippen LogP contribution < -0.4 is 0 Å². The zero-order valence-electron chi connectivity index (χ0n) is 8.52. The maximum Gasteiger partial charge on any atom is 0.0813 e. The van der Waals surface area contributed by atoms with Crippen molar-refractivity contribution in [3.05, 3.63) is 42.1 Å². The van der Waals surface area contributed by atoms with Crippen molar-refractivity contribution < 1.29 is 4.74 Å². The SMILES string of the molecule is c1cc(CCC2CO2)c2cccnc2c1. The fourth-order valence-electron chi connectivity index (χ4n) is 1.94. The second-order valence-corrected chi connectivity index (χ2v) is 3.98. The summed E-state index contributed by atoms with van der Waals surface area (Å²) in [5.74, 6) is 0. The number of hydrogen-bond donors (Lipinski definition) is 0. The highest BCUT2D eigenvalue weighted by molar-refractivity contribution is 5.81. The fraction of sp³-hybridized carbons (Fsp3) is 0.308. The number of rotatable bonds is 3. The van der Waals surface area contributed by atoms with Gasteiger partial charge in [0, 0.05) is 11.6 Å². The Kier molecular flexibility index (Phi) is 2.14. The number of ether oxygens (including phenoxy) is 1. The molecule has 0 N–H and O–H groups in total. The van der Waals surface area contributed by atoms with E-state index in [4.69, 9.17) is 4.74 Å². The van der Waals surface area contributed by atoms with Crippen LogP contribution in [0.1, 0.15) is 12.0 Å². The quantitative estimate of drug-likeness (QED) is 0.710. The normalized spacial score (nSPS) is 19.3. The summed E-state index contributed by atoms with van der Waals surface area (Å²) in [7, 11) is 0. The third-order valence-corrected chi connectivity index (χ3v) is 2.87. The molecule has 0 aliphatic carbocycles. The summed E-state index contributed by atoms with van der Waals surface area (Å²) in [6.07, 6.45) is 4.58. The van der Waals surface area contributed by atoms with E-state index in [1.165, 1.54) is 10.9 Å². The van der Waals surface area contributed by atoms with Gasteiger partial charge in [0.2, 0.25) is 0 Å². The highest BCUT2D eigenvalue weighted by Crippen LogP contribution is 2.21. The van der Waals surface area contributed by atoms with E-state index >= 15 is 0 Å². The number of aryl methyl sites for hydroxylation is 1. The van der Waals surface area contributed by atoms with E-state index in [2.05, 4.69) is 29.2 Å². The summed E-state index contributed by atoms with van der Waals surface area (Å²) in [6, 6.07) is 10.5. The Bertz CT molecular complexity index is 471. The van der Waals surface area contributed by atoms with Crippen LogP contribution >= 0.6 is 0 Å². The molecule has 0 bridgehead atoms. The summed E-state index contributed by atoms with van der Waals surface area (Å²) in [4.78, 5) is 4.35. The lowest BCUT2D eigenvalue weighted by atomic mass is 10.0. The van der Waals surface area contributed by atoms with Crippen LogP contribution in [0.2, 0.25) is 0 Å². The molecule has 0 spiro atoms. The monoisotopic (exact) mass is 199 g/mol. The van der Waals surface area contributed by atoms with Gasteiger partial charge in [0.15, 0.2) is 0 Å². The molecule has 76 valence electrons. The van der Waals surface area contributed by atoms with Gasteiger partial charge < -0.3 is 4.74 Å². The summed E-state index contributed by atoms with van der Waals surface area (Å²) >= 11 is 0. The van der Waals surface area contributed by atoms with Crippen LogP contribution in [0, 0.1) is 0 Å². The number of fused-ring (bicyclic) bond motifs is 1. The lowest BCUT2D eigenvalue weighted by Crippen LogP contribution is -1.92. The highest BCUT2D eigenvalue weighted by atomic mass is 16.6. The van der Waals surface area contributed by atoms with Gasteiger partial charge in [0.1, 0.15) is 0 Å². The van der Waals surface area contributed by atoms with Gasteiger partial charge in [-0.2, -0.15) is 0 Å². The molecule has 3 rings (SSSR count). The van der Waals surface area contributed by atoms with E-state index in [0.717, 1.165) is 25.0 Å². The highest BCUT2D eigenvalue weighted by Gasteiger charge is 2.21. The molecule has 2 heterocycles. The molecule has 2 aromatic rings. The maximum absolute atomic E-state index is 5.23. The fourth-order valence-corrected chi connectivity index (χ4v) is 1.94. The predicted molar refractivity (Wildman–Crippen MR) is 59.8 cm³/mol. The van der Waals surface area contributed by atoms with Gasteiger partial charge in [-0.15, -0.1) is 0 Å². The van der Waals surface area contributed by atoms with E-state index in [9.17, 15) is 0 Å². The van der Waals surface area contributed by atoms with Crippen molar-refractivity contribution in [3.8, 4) is 0 Å². The molecule has 1 aromatic carbocycles. The molecule has 0 saturated carbocycles. The van der Waals surface area contributed by atoms with Crippen LogP contribution in [-0.4, -0.2) is 17.7 Å². The largest absolute Gasteiger partial charge is 0.373 e. The van der Waals surface area contributed by atoms with Crippen LogP contribution in [0.4, 0.5) is 0 Å². The first-order chi connectivity index (χ1) is 7.43. The zero-order chi connectivity index (χ0) is 10.1. The van der Waals surface area contributed by atoms with Crippen molar-refractivity contribution in [2.75, 3.05) is 6.61 Å². The summed E-state index contributed by atoms with van der Waals surface area (Å²) in [5.41, 5.74) is 2.47. The Balaban J connectivity index is 1.93. The van der Waals surface area contributed by atoms with Gasteiger partial charge in [-0.05, 0) is 30.5 Å². The number of benzene rings is 1. The minimum absolute atomic E-state index is 0.511. The molecule has 2 nitrogen and oxygen atoms in total. The third-order valence-electron chi connectivity index (χ3n) is 2.87. The van der Waals surface area contributed by atoms with Crippen molar-refractivity contribution >= 4 is 10.9 Å². The van der Waals surface area contributed by atoms with Crippen LogP contribution in [0.5, 0.6) is 0 Å². The molecule has 1 aromatic heterocycles. The summed E-state index contributed by atoms with van der Waals surface area (Å²) < 4.78 is 5.23. The second kappa shape index (κ2) is 3.63. The third kappa shape index (κ3) is 1.85. The minimum Gasteiger partial charge on any atom is -0.373 e. The topological polar surface area (TPSA) is 25.4 Å². The standard InChI is InChI=1S/C13H13NO/c1-3-10(6-7-11-9-15-11)12-4-2-8-14-13(12)5-1/h1-5,8,11H,6-7,9H2. The van der Waals surface area contributed by atoms with Gasteiger partial charge in [-0.1, -0.05) is 18.2 Å². The molecule has 15 heavy (non-hydrogen) atoms. The maximum atomic E-state index is 5.23. The van der Waals surface area contributed by atoms with Gasteiger partial charge in [-0.3, -0.25) is 4.98 Å². The molecule has 0 amide bonds. The number of pyridine rings is 1. The van der Waals surface area contributed by atoms with Gasteiger partial charge in [0.05, 0.1) is 18.2 Å². The zero-order valence-corrected chi connectivity index (χ0v) is 8.52. The Hall–Kier alpha value is -1.41. The number of nitrogens with zero attached hydrogens (tertiary/aromatic N) is 1. The molecule has 1 fully saturated rings. The van der Waals surface area contributed by atoms with Gasteiger partial charge in [0.25, 0.3) is 0 Å². The average Bonchev–Trinajstić information content (AvgIpc) is 3.10. The summed E-state index contributed by atoms with van der Waals surface area (Å²) in [5, 5.41) is 1.28. The Morgan fingerprint density at radius 1 is 1.27 bits per heavy atom. The van der Waals surface area contributed by atoms with Crippen LogP contribution in [0.3, 0.4) is 0 Å². The van der Waals surface area contributed by atoms with E-state index in [0.29, 0.717) is 6.10 Å². The summed E-state index contributed by atoms with van der Waals surface area (Å²) in [6.45, 7) is 0.947. The van der Waals surface area contributed by atoms with Crippen LogP contribution in [0.25, 0.3) is 10.9 Å². The molecule has 0 radical (unpaired) electrons. The van der Waals surface area contributed by atoms with Crippen molar-refractivity contribution in [3.63, 3.8) is 0 Å². The van der Waals surface area contributed by atoms with E-state index in [-0.39, 0.29) is 0 Å². The molecule has 1 atom stereocenters. The van der Waals surface area contributed by atoms with Crippen molar-refractivity contribution in [2.45, 2.75) is 18.9 Å². The molecular formula is C13H13NO. The molecular weight excluding hydrogens is 186 g/mol. The number of aromatic nitrogens is 1.